The fraction of sp³-hybridized carbons (Fsp3) is 0.533. The van der Waals surface area contributed by atoms with Gasteiger partial charge in [0.1, 0.15) is 0 Å². The highest BCUT2D eigenvalue weighted by Gasteiger charge is 2.31. The first-order chi connectivity index (χ1) is 10.2. The summed E-state index contributed by atoms with van der Waals surface area (Å²) in [4.78, 5) is 13.5. The quantitative estimate of drug-likeness (QED) is 0.873. The lowest BCUT2D eigenvalue weighted by Crippen LogP contribution is -2.54. The Morgan fingerprint density at radius 3 is 2.32 bits per heavy atom. The van der Waals surface area contributed by atoms with Crippen molar-refractivity contribution in [1.82, 2.24) is 9.21 Å². The van der Waals surface area contributed by atoms with E-state index in [4.69, 9.17) is 5.73 Å². The minimum Gasteiger partial charge on any atom is -0.368 e. The van der Waals surface area contributed by atoms with Gasteiger partial charge in [0.2, 0.25) is 15.9 Å². The number of rotatable bonds is 4. The topological polar surface area (TPSA) is 83.7 Å². The van der Waals surface area contributed by atoms with Gasteiger partial charge in [0.25, 0.3) is 0 Å². The number of carbonyl (C=O) groups excluding carboxylic acids is 1. The van der Waals surface area contributed by atoms with Crippen LogP contribution in [0.3, 0.4) is 0 Å². The summed E-state index contributed by atoms with van der Waals surface area (Å²) in [5.41, 5.74) is 6.97. The number of hydrogen-bond donors (Lipinski definition) is 1. The molecular weight excluding hydrogens is 302 g/mol. The third-order valence-electron chi connectivity index (χ3n) is 4.19. The number of piperazine rings is 1. The van der Waals surface area contributed by atoms with Gasteiger partial charge in [0.15, 0.2) is 0 Å². The van der Waals surface area contributed by atoms with Gasteiger partial charge in [0.05, 0.1) is 10.9 Å². The van der Waals surface area contributed by atoms with Crippen molar-refractivity contribution in [3.05, 3.63) is 29.3 Å². The third kappa shape index (κ3) is 3.31. The summed E-state index contributed by atoms with van der Waals surface area (Å²) in [5, 5.41) is 0. The number of hydrogen-bond acceptors (Lipinski definition) is 4. The van der Waals surface area contributed by atoms with Crippen LogP contribution >= 0.6 is 0 Å². The van der Waals surface area contributed by atoms with Crippen LogP contribution in [0.4, 0.5) is 0 Å². The van der Waals surface area contributed by atoms with E-state index >= 15 is 0 Å². The Bertz CT molecular complexity index is 665. The van der Waals surface area contributed by atoms with Crippen LogP contribution in [0.5, 0.6) is 0 Å². The van der Waals surface area contributed by atoms with E-state index in [-0.39, 0.29) is 11.9 Å². The molecule has 1 fully saturated rings. The lowest BCUT2D eigenvalue weighted by molar-refractivity contribution is -0.123. The Kier molecular flexibility index (Phi) is 4.89. The number of carbonyl (C=O) groups is 1. The molecule has 122 valence electrons. The van der Waals surface area contributed by atoms with Gasteiger partial charge in [-0.2, -0.15) is 4.31 Å². The molecular formula is C15H23N3O3S. The number of benzene rings is 1. The molecule has 1 aliphatic heterocycles. The molecule has 2 N–H and O–H groups in total. The zero-order valence-corrected chi connectivity index (χ0v) is 14.1. The van der Waals surface area contributed by atoms with Crippen LogP contribution in [0.25, 0.3) is 0 Å². The maximum absolute atomic E-state index is 12.8. The molecule has 1 aromatic rings. The summed E-state index contributed by atoms with van der Waals surface area (Å²) < 4.78 is 27.1. The molecule has 1 unspecified atom stereocenters. The number of nitrogens with zero attached hydrogens (tertiary/aromatic N) is 2. The van der Waals surface area contributed by atoms with Crippen LogP contribution in [-0.2, 0) is 14.8 Å². The highest BCUT2D eigenvalue weighted by atomic mass is 32.2. The SMILES string of the molecule is Cc1ccc(C)c(S(=O)(=O)N2CCN(C(C)C(N)=O)CC2)c1. The molecule has 6 nitrogen and oxygen atoms in total. The van der Waals surface area contributed by atoms with Crippen LogP contribution in [0.1, 0.15) is 18.1 Å². The molecule has 2 rings (SSSR count). The molecule has 0 saturated carbocycles. The maximum Gasteiger partial charge on any atom is 0.243 e. The molecule has 0 spiro atoms. The molecule has 0 radical (unpaired) electrons. The van der Waals surface area contributed by atoms with Crippen molar-refractivity contribution >= 4 is 15.9 Å². The monoisotopic (exact) mass is 325 g/mol. The van der Waals surface area contributed by atoms with Gasteiger partial charge < -0.3 is 5.73 Å². The van der Waals surface area contributed by atoms with Crippen molar-refractivity contribution in [1.29, 1.82) is 0 Å². The van der Waals surface area contributed by atoms with Gasteiger partial charge in [-0.1, -0.05) is 12.1 Å². The number of nitrogens with two attached hydrogens (primary N) is 1. The first-order valence-corrected chi connectivity index (χ1v) is 8.78. The highest BCUT2D eigenvalue weighted by Crippen LogP contribution is 2.22. The molecule has 1 aromatic carbocycles. The Morgan fingerprint density at radius 1 is 1.18 bits per heavy atom. The van der Waals surface area contributed by atoms with Crippen LogP contribution in [0.15, 0.2) is 23.1 Å². The molecule has 22 heavy (non-hydrogen) atoms. The van der Waals surface area contributed by atoms with Crippen molar-refractivity contribution in [2.45, 2.75) is 31.7 Å². The van der Waals surface area contributed by atoms with E-state index in [1.165, 1.54) is 4.31 Å². The Balaban J connectivity index is 2.16. The van der Waals surface area contributed by atoms with E-state index in [0.717, 1.165) is 11.1 Å². The summed E-state index contributed by atoms with van der Waals surface area (Å²) in [7, 11) is -3.49. The molecule has 7 heteroatoms. The van der Waals surface area contributed by atoms with E-state index in [0.29, 0.717) is 31.1 Å². The summed E-state index contributed by atoms with van der Waals surface area (Å²) in [5.74, 6) is -0.383. The Morgan fingerprint density at radius 2 is 1.77 bits per heavy atom. The number of primary amides is 1. The van der Waals surface area contributed by atoms with Crippen molar-refractivity contribution in [3.8, 4) is 0 Å². The predicted molar refractivity (Wildman–Crippen MR) is 84.9 cm³/mol. The van der Waals surface area contributed by atoms with Gasteiger partial charge in [-0.25, -0.2) is 8.42 Å². The molecule has 1 aliphatic rings. The largest absolute Gasteiger partial charge is 0.368 e. The van der Waals surface area contributed by atoms with Crippen LogP contribution < -0.4 is 5.73 Å². The summed E-state index contributed by atoms with van der Waals surface area (Å²) in [6.45, 7) is 7.18. The lowest BCUT2D eigenvalue weighted by Gasteiger charge is -2.36. The van der Waals surface area contributed by atoms with Crippen LogP contribution in [-0.4, -0.2) is 55.8 Å². The molecule has 1 saturated heterocycles. The van der Waals surface area contributed by atoms with Gasteiger partial charge in [-0.05, 0) is 38.0 Å². The van der Waals surface area contributed by atoms with Gasteiger partial charge in [-0.15, -0.1) is 0 Å². The van der Waals surface area contributed by atoms with Crippen LogP contribution in [0, 0.1) is 13.8 Å². The van der Waals surface area contributed by atoms with E-state index in [1.807, 2.05) is 24.0 Å². The van der Waals surface area contributed by atoms with Crippen LogP contribution in [0.2, 0.25) is 0 Å². The van der Waals surface area contributed by atoms with Gasteiger partial charge in [0, 0.05) is 26.2 Å². The van der Waals surface area contributed by atoms with E-state index in [1.54, 1.807) is 19.9 Å². The van der Waals surface area contributed by atoms with Crippen molar-refractivity contribution in [2.24, 2.45) is 5.73 Å². The predicted octanol–water partition coefficient (Wildman–Crippen LogP) is 0.484. The summed E-state index contributed by atoms with van der Waals surface area (Å²) >= 11 is 0. The minimum atomic E-state index is -3.49. The number of aryl methyl sites for hydroxylation is 2. The molecule has 1 atom stereocenters. The standard InChI is InChI=1S/C15H23N3O3S/c1-11-4-5-12(2)14(10-11)22(20,21)18-8-6-17(7-9-18)13(3)15(16)19/h4-5,10,13H,6-9H2,1-3H3,(H2,16,19). The highest BCUT2D eigenvalue weighted by molar-refractivity contribution is 7.89. The van der Waals surface area contributed by atoms with Crippen molar-refractivity contribution < 1.29 is 13.2 Å². The number of amides is 1. The molecule has 0 aromatic heterocycles. The van der Waals surface area contributed by atoms with Gasteiger partial charge >= 0.3 is 0 Å². The lowest BCUT2D eigenvalue weighted by atomic mass is 10.2. The smallest absolute Gasteiger partial charge is 0.243 e. The first kappa shape index (κ1) is 16.9. The summed E-state index contributed by atoms with van der Waals surface area (Å²) in [6.07, 6.45) is 0. The first-order valence-electron chi connectivity index (χ1n) is 7.34. The van der Waals surface area contributed by atoms with E-state index in [9.17, 15) is 13.2 Å². The van der Waals surface area contributed by atoms with Gasteiger partial charge in [-0.3, -0.25) is 9.69 Å². The zero-order chi connectivity index (χ0) is 16.5. The van der Waals surface area contributed by atoms with E-state index < -0.39 is 10.0 Å². The second-order valence-electron chi connectivity index (χ2n) is 5.79. The normalized spacial score (nSPS) is 19.0. The fourth-order valence-electron chi connectivity index (χ4n) is 2.64. The molecule has 1 heterocycles. The van der Waals surface area contributed by atoms with E-state index in [2.05, 4.69) is 0 Å². The second kappa shape index (κ2) is 6.36. The summed E-state index contributed by atoms with van der Waals surface area (Å²) in [6, 6.07) is 5.07. The zero-order valence-electron chi connectivity index (χ0n) is 13.2. The average Bonchev–Trinajstić information content (AvgIpc) is 2.48. The number of sulfonamides is 1. The fourth-order valence-corrected chi connectivity index (χ4v) is 4.37. The third-order valence-corrected chi connectivity index (χ3v) is 6.23. The van der Waals surface area contributed by atoms with Crippen molar-refractivity contribution in [3.63, 3.8) is 0 Å². The average molecular weight is 325 g/mol. The Hall–Kier alpha value is -1.44. The molecule has 0 bridgehead atoms. The minimum absolute atomic E-state index is 0.365. The second-order valence-corrected chi connectivity index (χ2v) is 7.69. The molecule has 1 amide bonds. The Labute approximate surface area is 131 Å². The van der Waals surface area contributed by atoms with Crippen molar-refractivity contribution in [2.75, 3.05) is 26.2 Å². The maximum atomic E-state index is 12.8. The molecule has 0 aliphatic carbocycles.